The van der Waals surface area contributed by atoms with E-state index in [-0.39, 0.29) is 51.1 Å². The van der Waals surface area contributed by atoms with Gasteiger partial charge in [0.15, 0.2) is 0 Å². The van der Waals surface area contributed by atoms with Gasteiger partial charge in [-0.2, -0.15) is 0 Å². The fourth-order valence-corrected chi connectivity index (χ4v) is 10.0. The molecule has 5 rings (SSSR count). The second-order valence-electron chi connectivity index (χ2n) is 14.8. The van der Waals surface area contributed by atoms with Gasteiger partial charge in [-0.1, -0.05) is 71.8 Å². The van der Waals surface area contributed by atoms with E-state index in [0.29, 0.717) is 5.92 Å². The molecule has 0 aromatic carbocycles. The van der Waals surface area contributed by atoms with E-state index < -0.39 is 6.10 Å². The van der Waals surface area contributed by atoms with Gasteiger partial charge in [0, 0.05) is 10.8 Å². The van der Waals surface area contributed by atoms with E-state index in [0.717, 1.165) is 51.4 Å². The monoisotopic (exact) mass is 456 g/mol. The van der Waals surface area contributed by atoms with Gasteiger partial charge in [0.2, 0.25) is 0 Å². The Balaban J connectivity index is 1.66. The Morgan fingerprint density at radius 2 is 1.48 bits per heavy atom. The standard InChI is InChI=1S/C30H48O3/c1-25(2)14-15-30(18-31)20(16-25)19-8-9-22-27(5)12-11-23(32)26(3,4)21(27)10-13-28(22,6)29(19,7)17-24(30)33/h8-9,20-21,23-24,31-33H,10-18H2,1-7H3. The summed E-state index contributed by atoms with van der Waals surface area (Å²) >= 11 is 0. The van der Waals surface area contributed by atoms with Crippen molar-refractivity contribution in [2.75, 3.05) is 6.61 Å². The van der Waals surface area contributed by atoms with Gasteiger partial charge in [-0.15, -0.1) is 0 Å². The summed E-state index contributed by atoms with van der Waals surface area (Å²) in [5, 5.41) is 33.2. The lowest BCUT2D eigenvalue weighted by atomic mass is 9.35. The van der Waals surface area contributed by atoms with Crippen LogP contribution in [0.15, 0.2) is 23.3 Å². The molecule has 0 aliphatic heterocycles. The minimum atomic E-state index is -0.461. The predicted molar refractivity (Wildman–Crippen MR) is 133 cm³/mol. The van der Waals surface area contributed by atoms with E-state index in [9.17, 15) is 15.3 Å². The number of hydrogen-bond acceptors (Lipinski definition) is 3. The topological polar surface area (TPSA) is 60.7 Å². The molecule has 4 fully saturated rings. The number of hydrogen-bond donors (Lipinski definition) is 3. The summed E-state index contributed by atoms with van der Waals surface area (Å²) in [6.45, 7) is 16.8. The number of aliphatic hydroxyl groups is 3. The molecule has 3 heteroatoms. The summed E-state index contributed by atoms with van der Waals surface area (Å²) < 4.78 is 0. The van der Waals surface area contributed by atoms with E-state index >= 15 is 0 Å². The van der Waals surface area contributed by atoms with Crippen LogP contribution in [0.25, 0.3) is 0 Å². The molecule has 0 saturated heterocycles. The van der Waals surface area contributed by atoms with E-state index in [1.54, 1.807) is 5.57 Å². The highest BCUT2D eigenvalue weighted by Crippen LogP contribution is 2.74. The van der Waals surface area contributed by atoms with Crippen molar-refractivity contribution >= 4 is 0 Å². The minimum Gasteiger partial charge on any atom is -0.396 e. The van der Waals surface area contributed by atoms with E-state index in [4.69, 9.17) is 0 Å². The van der Waals surface area contributed by atoms with Crippen LogP contribution in [0.5, 0.6) is 0 Å². The highest BCUT2D eigenvalue weighted by atomic mass is 16.3. The van der Waals surface area contributed by atoms with E-state index in [1.165, 1.54) is 5.57 Å². The summed E-state index contributed by atoms with van der Waals surface area (Å²) in [6, 6.07) is 0. The first-order chi connectivity index (χ1) is 15.2. The summed E-state index contributed by atoms with van der Waals surface area (Å²) in [6.07, 6.45) is 12.2. The van der Waals surface area contributed by atoms with Crippen LogP contribution in [0, 0.1) is 44.3 Å². The van der Waals surface area contributed by atoms with Gasteiger partial charge < -0.3 is 15.3 Å². The Hall–Kier alpha value is -0.640. The average Bonchev–Trinajstić information content (AvgIpc) is 2.71. The van der Waals surface area contributed by atoms with Crippen LogP contribution in [0.2, 0.25) is 0 Å². The van der Waals surface area contributed by atoms with Crippen LogP contribution < -0.4 is 0 Å². The molecule has 0 heterocycles. The van der Waals surface area contributed by atoms with Crippen molar-refractivity contribution in [3.63, 3.8) is 0 Å². The maximum atomic E-state index is 11.7. The van der Waals surface area contributed by atoms with Crippen LogP contribution in [0.4, 0.5) is 0 Å². The Morgan fingerprint density at radius 1 is 0.788 bits per heavy atom. The zero-order valence-corrected chi connectivity index (χ0v) is 22.2. The Morgan fingerprint density at radius 3 is 2.15 bits per heavy atom. The third-order valence-corrected chi connectivity index (χ3v) is 12.5. The molecule has 0 amide bonds. The van der Waals surface area contributed by atoms with Crippen LogP contribution >= 0.6 is 0 Å². The Kier molecular flexibility index (Phi) is 5.09. The van der Waals surface area contributed by atoms with Crippen LogP contribution in [0.1, 0.15) is 99.8 Å². The third kappa shape index (κ3) is 2.85. The molecule has 8 atom stereocenters. The molecule has 3 nitrogen and oxygen atoms in total. The second-order valence-corrected chi connectivity index (χ2v) is 14.8. The lowest BCUT2D eigenvalue weighted by Gasteiger charge is -2.69. The quantitative estimate of drug-likeness (QED) is 0.451. The summed E-state index contributed by atoms with van der Waals surface area (Å²) in [5.41, 5.74) is 2.83. The molecule has 0 aromatic heterocycles. The molecule has 33 heavy (non-hydrogen) atoms. The number of allylic oxidation sites excluding steroid dienone is 4. The van der Waals surface area contributed by atoms with E-state index in [2.05, 4.69) is 60.6 Å². The molecule has 4 saturated carbocycles. The van der Waals surface area contributed by atoms with Crippen LogP contribution in [0.3, 0.4) is 0 Å². The molecular weight excluding hydrogens is 408 g/mol. The van der Waals surface area contributed by atoms with Crippen LogP contribution in [-0.2, 0) is 0 Å². The molecule has 0 radical (unpaired) electrons. The molecule has 0 bridgehead atoms. The summed E-state index contributed by atoms with van der Waals surface area (Å²) in [4.78, 5) is 0. The van der Waals surface area contributed by atoms with Gasteiger partial charge in [-0.3, -0.25) is 0 Å². The summed E-state index contributed by atoms with van der Waals surface area (Å²) in [7, 11) is 0. The predicted octanol–water partition coefficient (Wildman–Crippen LogP) is 6.03. The normalized spacial score (nSPS) is 52.4. The first-order valence-electron chi connectivity index (χ1n) is 13.6. The first-order valence-corrected chi connectivity index (χ1v) is 13.6. The van der Waals surface area contributed by atoms with Gasteiger partial charge in [0.05, 0.1) is 18.8 Å². The van der Waals surface area contributed by atoms with Crippen LogP contribution in [-0.4, -0.2) is 34.1 Å². The highest BCUT2D eigenvalue weighted by molar-refractivity contribution is 5.46. The van der Waals surface area contributed by atoms with Crippen molar-refractivity contribution in [2.24, 2.45) is 44.3 Å². The molecular formula is C30H48O3. The maximum absolute atomic E-state index is 11.7. The highest BCUT2D eigenvalue weighted by Gasteiger charge is 2.67. The van der Waals surface area contributed by atoms with Crippen molar-refractivity contribution in [1.82, 2.24) is 0 Å². The fraction of sp³-hybridized carbons (Fsp3) is 0.867. The van der Waals surface area contributed by atoms with E-state index in [1.807, 2.05) is 0 Å². The van der Waals surface area contributed by atoms with Gasteiger partial charge >= 0.3 is 0 Å². The van der Waals surface area contributed by atoms with Gasteiger partial charge in [0.25, 0.3) is 0 Å². The number of fused-ring (bicyclic) bond motifs is 7. The lowest BCUT2D eigenvalue weighted by Crippen LogP contribution is -2.64. The molecule has 8 unspecified atom stereocenters. The van der Waals surface area contributed by atoms with Gasteiger partial charge in [-0.25, -0.2) is 0 Å². The molecule has 0 aromatic rings. The molecule has 5 aliphatic rings. The second kappa shape index (κ2) is 6.98. The molecule has 5 aliphatic carbocycles. The Labute approximate surface area is 201 Å². The minimum absolute atomic E-state index is 0.00485. The lowest BCUT2D eigenvalue weighted by molar-refractivity contribution is -0.162. The maximum Gasteiger partial charge on any atom is 0.0632 e. The first kappa shape index (κ1) is 24.1. The number of rotatable bonds is 1. The van der Waals surface area contributed by atoms with Gasteiger partial charge in [0.1, 0.15) is 0 Å². The van der Waals surface area contributed by atoms with Crippen molar-refractivity contribution in [3.05, 3.63) is 23.3 Å². The van der Waals surface area contributed by atoms with Crippen molar-refractivity contribution in [2.45, 2.75) is 112 Å². The largest absolute Gasteiger partial charge is 0.396 e. The zero-order valence-electron chi connectivity index (χ0n) is 22.2. The van der Waals surface area contributed by atoms with Crippen molar-refractivity contribution in [1.29, 1.82) is 0 Å². The van der Waals surface area contributed by atoms with Crippen molar-refractivity contribution < 1.29 is 15.3 Å². The summed E-state index contributed by atoms with van der Waals surface area (Å²) in [5.74, 6) is 0.718. The molecule has 3 N–H and O–H groups in total. The molecule has 186 valence electrons. The van der Waals surface area contributed by atoms with Crippen molar-refractivity contribution in [3.8, 4) is 0 Å². The Bertz CT molecular complexity index is 898. The fourth-order valence-electron chi connectivity index (χ4n) is 10.0. The third-order valence-electron chi connectivity index (χ3n) is 12.5. The average molecular weight is 457 g/mol. The molecule has 0 spiro atoms. The SMILES string of the molecule is CC1(C)CCC2(CO)C(O)CC3(C)C(=CC=C4C5(C)CCC(O)C(C)(C)C5CCC43C)C2C1. The van der Waals surface area contributed by atoms with Gasteiger partial charge in [-0.05, 0) is 84.9 Å². The number of aliphatic hydroxyl groups excluding tert-OH is 3. The zero-order chi connectivity index (χ0) is 24.2. The smallest absolute Gasteiger partial charge is 0.0632 e.